The summed E-state index contributed by atoms with van der Waals surface area (Å²) >= 11 is 5.24. The molecule has 39 nitrogen and oxygen atoms in total. The maximum absolute atomic E-state index is 12.2. The molecule has 5 aliphatic heterocycles. The highest BCUT2D eigenvalue weighted by atomic mass is 32.1. The van der Waals surface area contributed by atoms with Crippen LogP contribution in [0.25, 0.3) is 0 Å². The van der Waals surface area contributed by atoms with Gasteiger partial charge in [-0.3, -0.25) is 82.4 Å². The second-order valence-corrected chi connectivity index (χ2v) is 59.4. The minimum absolute atomic E-state index is 0.139. The third kappa shape index (κ3) is 34.3. The molecule has 0 amide bonds. The van der Waals surface area contributed by atoms with Crippen LogP contribution in [0, 0.1) is 4.77 Å². The van der Waals surface area contributed by atoms with Gasteiger partial charge in [0.1, 0.15) is 73.2 Å². The fourth-order valence-electron chi connectivity index (χ4n) is 14.6. The summed E-state index contributed by atoms with van der Waals surface area (Å²) in [7, 11) is 0. The van der Waals surface area contributed by atoms with Crippen LogP contribution in [0.1, 0.15) is 158 Å². The number of ether oxygens (including phenoxy) is 5. The predicted molar refractivity (Wildman–Crippen MR) is 528 cm³/mol. The molecule has 0 radical (unpaired) electrons. The Morgan fingerprint density at radius 1 is 0.323 bits per heavy atom. The molecule has 0 bridgehead atoms. The highest BCUT2D eigenvalue weighted by Gasteiger charge is 2.49. The average Bonchev–Trinajstić information content (AvgIpc) is 1.62. The van der Waals surface area contributed by atoms with Gasteiger partial charge in [0.05, 0.1) is 55.0 Å². The molecule has 740 valence electrons. The molecular weight excluding hydrogens is 1800 g/mol. The standard InChI is InChI=1S/4C17H30N3O5P.C17H30N3O4PS/c2*1-5-7-18-10-20-9-11(16(23)19-17(20)24)15-14(22)13(21)12(25-15)6-8-26(2,3)4;2*1-5-7-18-9-11-10-20(17(24)19-15(11)23)16-14(22)13(21)12(25-16)6-8-26(2,3)4;1-5-7-18-9-11-10-20(17(26)19-15(11)23)16-14(22)13(21)12(24-16)6-8-25(2,3)4/h2*9,12-15,18,21-22H,2,5-8,10H2,1,3-4H3,(H,19,23,24);2*10,12-14,16,18,21-22H,2,5-9H2,1,3-4H3,(H,19,23,24);10,12-14,16,18,21-22H,2,5-9H2,1,3-4H3,(H,19,23,26)/t2*12-,13-,14-,15?;3*12-,13-,14-,16?/m11111/s1. The monoisotopic (exact) mass is 1950 g/mol. The van der Waals surface area contributed by atoms with Gasteiger partial charge in [-0.25, -0.2) is 19.2 Å². The van der Waals surface area contributed by atoms with Crippen molar-refractivity contribution in [1.29, 1.82) is 0 Å². The number of aromatic amines is 5. The molecule has 0 aliphatic carbocycles. The number of aliphatic hydroxyl groups excluding tert-OH is 10. The van der Waals surface area contributed by atoms with Crippen LogP contribution in [-0.2, 0) is 56.7 Å². The van der Waals surface area contributed by atoms with Crippen molar-refractivity contribution in [2.75, 3.05) is 130 Å². The number of hydrogen-bond donors (Lipinski definition) is 20. The Morgan fingerprint density at radius 2 is 0.562 bits per heavy atom. The molecule has 0 spiro atoms. The zero-order valence-electron chi connectivity index (χ0n) is 78.2. The summed E-state index contributed by atoms with van der Waals surface area (Å²) in [6.45, 7) is 29.8. The molecule has 20 atom stereocenters. The minimum Gasteiger partial charge on any atom is -0.388 e. The average molecular weight is 1950 g/mol. The zero-order valence-corrected chi connectivity index (χ0v) is 83.5. The van der Waals surface area contributed by atoms with Gasteiger partial charge in [-0.1, -0.05) is 34.6 Å². The van der Waals surface area contributed by atoms with Crippen molar-refractivity contribution < 1.29 is 74.7 Å². The van der Waals surface area contributed by atoms with Crippen molar-refractivity contribution in [2.45, 2.75) is 254 Å². The molecule has 10 heterocycles. The first-order chi connectivity index (χ1) is 60.7. The Labute approximate surface area is 764 Å². The third-order valence-electron chi connectivity index (χ3n) is 22.1. The number of aliphatic hydroxyl groups is 10. The number of aromatic nitrogens is 10. The Hall–Kier alpha value is -5.48. The van der Waals surface area contributed by atoms with Gasteiger partial charge < -0.3 is 90.7 Å². The van der Waals surface area contributed by atoms with Crippen molar-refractivity contribution in [3.8, 4) is 0 Å². The van der Waals surface area contributed by atoms with Crippen molar-refractivity contribution in [3.05, 3.63) is 157 Å². The minimum atomic E-state index is -1.29. The molecule has 10 rings (SSSR count). The largest absolute Gasteiger partial charge is 0.388 e. The fourth-order valence-corrected chi connectivity index (χ4v) is 19.7. The van der Waals surface area contributed by atoms with Crippen LogP contribution in [0.2, 0.25) is 0 Å². The first-order valence-corrected chi connectivity index (χ1v) is 60.1. The molecule has 5 aromatic rings. The maximum Gasteiger partial charge on any atom is 0.330 e. The molecule has 45 heteroatoms. The molecule has 5 unspecified atom stereocenters. The van der Waals surface area contributed by atoms with Gasteiger partial charge in [-0.15, -0.1) is 65.9 Å². The van der Waals surface area contributed by atoms with E-state index in [1.165, 1.54) is 38.5 Å². The van der Waals surface area contributed by atoms with Gasteiger partial charge in [0.2, 0.25) is 0 Å². The quantitative estimate of drug-likeness (QED) is 0.0141. The van der Waals surface area contributed by atoms with Crippen LogP contribution in [0.4, 0.5) is 0 Å². The molecule has 5 saturated heterocycles. The molecule has 20 N–H and O–H groups in total. The number of hydrogen-bond acceptors (Lipinski definition) is 30. The Balaban J connectivity index is 0.000000250. The van der Waals surface area contributed by atoms with E-state index >= 15 is 0 Å². The lowest BCUT2D eigenvalue weighted by atomic mass is 10.0. The second-order valence-electron chi connectivity index (χ2n) is 37.5. The second kappa shape index (κ2) is 51.6. The lowest BCUT2D eigenvalue weighted by Crippen LogP contribution is -2.39. The summed E-state index contributed by atoms with van der Waals surface area (Å²) in [5.41, 5.74) is -3.29. The van der Waals surface area contributed by atoms with Crippen molar-refractivity contribution in [1.82, 2.24) is 74.3 Å². The van der Waals surface area contributed by atoms with Crippen molar-refractivity contribution in [2.24, 2.45) is 0 Å². The van der Waals surface area contributed by atoms with E-state index in [0.717, 1.165) is 105 Å². The molecule has 0 saturated carbocycles. The van der Waals surface area contributed by atoms with Crippen LogP contribution in [0.5, 0.6) is 0 Å². The molecule has 5 aliphatic rings. The summed E-state index contributed by atoms with van der Waals surface area (Å²) in [6, 6.07) is 0. The van der Waals surface area contributed by atoms with Gasteiger partial charge in [-0.2, -0.15) is 0 Å². The van der Waals surface area contributed by atoms with Gasteiger partial charge in [0.15, 0.2) is 23.5 Å². The van der Waals surface area contributed by atoms with Crippen LogP contribution >= 0.6 is 46.6 Å². The normalized spacial score (nSPS) is 26.3. The van der Waals surface area contributed by atoms with E-state index in [4.69, 9.17) is 35.9 Å². The lowest BCUT2D eigenvalue weighted by Gasteiger charge is -2.20. The summed E-state index contributed by atoms with van der Waals surface area (Å²) in [5.74, 6) is 0. The Kier molecular flexibility index (Phi) is 45.0. The summed E-state index contributed by atoms with van der Waals surface area (Å²) in [6.07, 6.45) is 20.5. The van der Waals surface area contributed by atoms with Crippen LogP contribution < -0.4 is 77.1 Å². The lowest BCUT2D eigenvalue weighted by molar-refractivity contribution is -0.0404. The molecule has 130 heavy (non-hydrogen) atoms. The van der Waals surface area contributed by atoms with E-state index in [1.807, 2.05) is 34.6 Å². The molecular formula is C85H150N15O24P5S. The molecule has 5 aromatic heterocycles. The topological polar surface area (TPSA) is 566 Å². The van der Waals surface area contributed by atoms with E-state index in [2.05, 4.69) is 150 Å². The van der Waals surface area contributed by atoms with E-state index in [9.17, 15) is 94.2 Å². The number of nitrogens with one attached hydrogen (secondary N) is 10. The molecule has 5 fully saturated rings. The first kappa shape index (κ1) is 113. The Bertz CT molecular complexity index is 4600. The van der Waals surface area contributed by atoms with Gasteiger partial charge in [0.25, 0.3) is 27.8 Å². The number of nitrogens with zero attached hydrogens (tertiary/aromatic N) is 5. The van der Waals surface area contributed by atoms with Gasteiger partial charge >= 0.3 is 22.8 Å². The molecule has 0 aromatic carbocycles. The van der Waals surface area contributed by atoms with Crippen LogP contribution in [0.3, 0.4) is 0 Å². The summed E-state index contributed by atoms with van der Waals surface area (Å²) < 4.78 is 35.7. The fraction of sp³-hybridized carbons (Fsp3) is 0.706. The SMILES string of the molecule is C=P(C)(C)CC[C@H]1OC(c2cn(CNCCC)c(=O)[nH]c2=O)[C@H](O)[C@@H]1O.C=P(C)(C)CC[C@H]1OC(c2cn(CNCCC)c(=O)[nH]c2=O)[C@H](O)[C@@H]1O.C=P(C)(C)CC[C@H]1OC(n2cc(CNCCC)c(=O)[nH]c2=O)[C@H](O)[C@@H]1O.C=P(C)(C)CC[C@H]1OC(n2cc(CNCCC)c(=O)[nH]c2=O)[C@H](O)[C@@H]1O.C=P(C)(C)CC[C@H]1OC(n2cc(CNCCC)c(=O)[nH]c2=S)[C@H](O)[C@@H]1O. The van der Waals surface area contributed by atoms with Crippen molar-refractivity contribution in [3.63, 3.8) is 0 Å². The van der Waals surface area contributed by atoms with E-state index in [-0.39, 0.29) is 34.8 Å². The van der Waals surface area contributed by atoms with E-state index < -0.39 is 202 Å². The highest BCUT2D eigenvalue weighted by molar-refractivity contribution is 7.73. The van der Waals surface area contributed by atoms with Crippen LogP contribution in [0.15, 0.2) is 74.1 Å². The number of H-pyrrole nitrogens is 5. The summed E-state index contributed by atoms with van der Waals surface area (Å²) in [5, 5.41) is 119. The highest BCUT2D eigenvalue weighted by Crippen LogP contribution is 2.45. The van der Waals surface area contributed by atoms with Crippen LogP contribution in [-0.4, -0.2) is 352 Å². The van der Waals surface area contributed by atoms with E-state index in [1.54, 1.807) is 6.20 Å². The van der Waals surface area contributed by atoms with Gasteiger partial charge in [-0.05, 0) is 207 Å². The summed E-state index contributed by atoms with van der Waals surface area (Å²) in [4.78, 5) is 120. The maximum atomic E-state index is 12.2. The van der Waals surface area contributed by atoms with Crippen molar-refractivity contribution >= 4 is 78.1 Å². The smallest absolute Gasteiger partial charge is 0.330 e. The third-order valence-corrected chi connectivity index (χ3v) is 29.8. The van der Waals surface area contributed by atoms with E-state index in [0.29, 0.717) is 68.4 Å². The Morgan fingerprint density at radius 3 is 0.838 bits per heavy atom. The first-order valence-electron chi connectivity index (χ1n) is 44.4. The number of rotatable bonds is 40. The van der Waals surface area contributed by atoms with Gasteiger partial charge in [0, 0.05) is 67.3 Å². The predicted octanol–water partition coefficient (Wildman–Crippen LogP) is 0.143. The zero-order chi connectivity index (χ0) is 97.4.